The van der Waals surface area contributed by atoms with Crippen molar-refractivity contribution >= 4 is 28.9 Å². The molecule has 1 amide bonds. The number of hydrogen-bond acceptors (Lipinski definition) is 6. The number of rotatable bonds is 5. The minimum Gasteiger partial charge on any atom is -0.462 e. The van der Waals surface area contributed by atoms with Gasteiger partial charge in [0.1, 0.15) is 10.9 Å². The molecule has 3 N–H and O–H groups in total. The summed E-state index contributed by atoms with van der Waals surface area (Å²) < 4.78 is 4.68. The van der Waals surface area contributed by atoms with E-state index in [1.54, 1.807) is 24.4 Å². The average molecular weight is 265 g/mol. The van der Waals surface area contributed by atoms with Crippen molar-refractivity contribution in [1.82, 2.24) is 0 Å². The van der Waals surface area contributed by atoms with Crippen molar-refractivity contribution in [1.29, 1.82) is 5.26 Å². The summed E-state index contributed by atoms with van der Waals surface area (Å²) in [7, 11) is 0. The quantitative estimate of drug-likeness (QED) is 0.473. The molecular weight excluding hydrogens is 254 g/mol. The van der Waals surface area contributed by atoms with Crippen LogP contribution >= 0.6 is 11.3 Å². The predicted molar refractivity (Wildman–Crippen MR) is 66.8 cm³/mol. The van der Waals surface area contributed by atoms with Gasteiger partial charge in [-0.3, -0.25) is 4.79 Å². The van der Waals surface area contributed by atoms with E-state index in [9.17, 15) is 9.59 Å². The molecule has 0 unspecified atom stereocenters. The number of thiophene rings is 1. The molecule has 1 heterocycles. The summed E-state index contributed by atoms with van der Waals surface area (Å²) in [5.74, 6) is -1.29. The average Bonchev–Trinajstić information content (AvgIpc) is 2.78. The molecule has 1 aromatic heterocycles. The molecule has 0 aliphatic rings. The molecular formula is C11H11N3O3S. The Morgan fingerprint density at radius 3 is 2.94 bits per heavy atom. The second kappa shape index (κ2) is 6.42. The number of nitrogens with zero attached hydrogens (tertiary/aromatic N) is 1. The van der Waals surface area contributed by atoms with E-state index in [0.717, 1.165) is 0 Å². The molecule has 6 nitrogen and oxygen atoms in total. The van der Waals surface area contributed by atoms with Crippen LogP contribution in [0.4, 0.5) is 5.69 Å². The number of esters is 1. The Balaban J connectivity index is 2.84. The lowest BCUT2D eigenvalue weighted by molar-refractivity contribution is -0.138. The van der Waals surface area contributed by atoms with Crippen LogP contribution in [0.25, 0.3) is 0 Å². The van der Waals surface area contributed by atoms with Gasteiger partial charge in [-0.25, -0.2) is 4.79 Å². The molecule has 0 bridgehead atoms. The number of carbonyl (C=O) groups is 2. The lowest BCUT2D eigenvalue weighted by Gasteiger charge is -2.02. The van der Waals surface area contributed by atoms with Crippen LogP contribution in [-0.2, 0) is 9.53 Å². The van der Waals surface area contributed by atoms with Crippen LogP contribution in [0.5, 0.6) is 0 Å². The number of ether oxygens (including phenoxy) is 1. The van der Waals surface area contributed by atoms with Crippen LogP contribution in [0.15, 0.2) is 23.2 Å². The number of anilines is 1. The zero-order valence-corrected chi connectivity index (χ0v) is 10.4. The van der Waals surface area contributed by atoms with Crippen molar-refractivity contribution in [2.45, 2.75) is 6.92 Å². The number of primary amides is 1. The van der Waals surface area contributed by atoms with Gasteiger partial charge in [0.05, 0.1) is 12.3 Å². The molecule has 7 heteroatoms. The maximum Gasteiger partial charge on any atom is 0.350 e. The third-order valence-electron chi connectivity index (χ3n) is 1.88. The predicted octanol–water partition coefficient (Wildman–Crippen LogP) is 1.23. The number of nitrogens with one attached hydrogen (secondary N) is 1. The zero-order valence-electron chi connectivity index (χ0n) is 9.60. The van der Waals surface area contributed by atoms with Crippen molar-refractivity contribution in [2.75, 3.05) is 11.9 Å². The van der Waals surface area contributed by atoms with Gasteiger partial charge < -0.3 is 15.8 Å². The minimum atomic E-state index is -0.719. The van der Waals surface area contributed by atoms with Crippen LogP contribution < -0.4 is 11.1 Å². The number of hydrogen-bond donors (Lipinski definition) is 2. The molecule has 18 heavy (non-hydrogen) atoms. The highest BCUT2D eigenvalue weighted by Gasteiger charge is 2.12. The van der Waals surface area contributed by atoms with Crippen molar-refractivity contribution in [3.05, 3.63) is 28.1 Å². The summed E-state index contributed by atoms with van der Waals surface area (Å²) in [5.41, 5.74) is 5.43. The summed E-state index contributed by atoms with van der Waals surface area (Å²) in [6.07, 6.45) is 1.19. The topological polar surface area (TPSA) is 105 Å². The number of carbonyl (C=O) groups excluding carboxylic acids is 2. The van der Waals surface area contributed by atoms with Gasteiger partial charge in [0.25, 0.3) is 5.91 Å². The highest BCUT2D eigenvalue weighted by atomic mass is 32.1. The van der Waals surface area contributed by atoms with Gasteiger partial charge in [-0.15, -0.1) is 11.3 Å². The van der Waals surface area contributed by atoms with Crippen LogP contribution in [0.2, 0.25) is 0 Å². The van der Waals surface area contributed by atoms with E-state index in [1.165, 1.54) is 17.5 Å². The van der Waals surface area contributed by atoms with Gasteiger partial charge in [-0.05, 0) is 18.4 Å². The first kappa shape index (κ1) is 13.7. The molecule has 0 aliphatic heterocycles. The van der Waals surface area contributed by atoms with E-state index in [1.807, 2.05) is 0 Å². The Labute approximate surface area is 108 Å². The second-order valence-electron chi connectivity index (χ2n) is 3.06. The summed E-state index contributed by atoms with van der Waals surface area (Å²) in [6, 6.07) is 3.34. The largest absolute Gasteiger partial charge is 0.462 e. The molecule has 0 saturated heterocycles. The first-order chi connectivity index (χ1) is 8.60. The molecule has 1 aromatic rings. The molecule has 0 atom stereocenters. The third kappa shape index (κ3) is 3.33. The Bertz CT molecular complexity index is 528. The van der Waals surface area contributed by atoms with Crippen molar-refractivity contribution < 1.29 is 14.3 Å². The minimum absolute atomic E-state index is 0.182. The fourth-order valence-electron chi connectivity index (χ4n) is 1.11. The van der Waals surface area contributed by atoms with Gasteiger partial charge in [0.2, 0.25) is 0 Å². The fraction of sp³-hybridized carbons (Fsp3) is 0.182. The zero-order chi connectivity index (χ0) is 13.5. The van der Waals surface area contributed by atoms with Crippen LogP contribution in [0, 0.1) is 11.3 Å². The third-order valence-corrected chi connectivity index (χ3v) is 2.81. The van der Waals surface area contributed by atoms with Gasteiger partial charge in [0.15, 0.2) is 5.57 Å². The van der Waals surface area contributed by atoms with Gasteiger partial charge in [0, 0.05) is 6.20 Å². The first-order valence-electron chi connectivity index (χ1n) is 5.01. The van der Waals surface area contributed by atoms with E-state index < -0.39 is 11.9 Å². The van der Waals surface area contributed by atoms with Gasteiger partial charge >= 0.3 is 5.97 Å². The highest BCUT2D eigenvalue weighted by molar-refractivity contribution is 7.12. The summed E-state index contributed by atoms with van der Waals surface area (Å²) in [4.78, 5) is 22.7. The molecule has 0 fully saturated rings. The van der Waals surface area contributed by atoms with Crippen LogP contribution in [-0.4, -0.2) is 18.5 Å². The van der Waals surface area contributed by atoms with E-state index in [0.29, 0.717) is 10.6 Å². The van der Waals surface area contributed by atoms with Crippen molar-refractivity contribution in [2.24, 2.45) is 5.73 Å². The number of nitriles is 1. The molecule has 0 saturated carbocycles. The van der Waals surface area contributed by atoms with E-state index in [4.69, 9.17) is 11.0 Å². The van der Waals surface area contributed by atoms with Crippen molar-refractivity contribution in [3.8, 4) is 6.07 Å². The lowest BCUT2D eigenvalue weighted by atomic mass is 10.3. The van der Waals surface area contributed by atoms with Crippen LogP contribution in [0.1, 0.15) is 16.6 Å². The van der Waals surface area contributed by atoms with Crippen LogP contribution in [0.3, 0.4) is 0 Å². The molecule has 0 radical (unpaired) electrons. The van der Waals surface area contributed by atoms with Gasteiger partial charge in [-0.2, -0.15) is 5.26 Å². The van der Waals surface area contributed by atoms with E-state index in [-0.39, 0.29) is 12.2 Å². The maximum absolute atomic E-state index is 11.3. The first-order valence-corrected chi connectivity index (χ1v) is 5.89. The summed E-state index contributed by atoms with van der Waals surface area (Å²) in [6.45, 7) is 1.83. The van der Waals surface area contributed by atoms with Gasteiger partial charge in [-0.1, -0.05) is 0 Å². The standard InChI is InChI=1S/C11H11N3O3S/c1-2-17-11(16)7(5-12)6-14-8-3-4-18-9(8)10(13)15/h3-4,6,14H,2H2,1H3,(H2,13,15). The molecule has 0 aromatic carbocycles. The summed E-state index contributed by atoms with van der Waals surface area (Å²) >= 11 is 1.17. The Morgan fingerprint density at radius 1 is 1.67 bits per heavy atom. The Morgan fingerprint density at radius 2 is 2.39 bits per heavy atom. The van der Waals surface area contributed by atoms with Crippen molar-refractivity contribution in [3.63, 3.8) is 0 Å². The smallest absolute Gasteiger partial charge is 0.350 e. The Hall–Kier alpha value is -2.33. The lowest BCUT2D eigenvalue weighted by Crippen LogP contribution is -2.11. The molecule has 1 rings (SSSR count). The second-order valence-corrected chi connectivity index (χ2v) is 3.98. The maximum atomic E-state index is 11.3. The van der Waals surface area contributed by atoms with E-state index >= 15 is 0 Å². The highest BCUT2D eigenvalue weighted by Crippen LogP contribution is 2.21. The Kier molecular flexibility index (Phi) is 4.90. The number of nitrogens with two attached hydrogens (primary N) is 1. The monoisotopic (exact) mass is 265 g/mol. The summed E-state index contributed by atoms with van der Waals surface area (Å²) in [5, 5.41) is 13.1. The normalized spacial score (nSPS) is 10.6. The molecule has 0 spiro atoms. The molecule has 0 aliphatic carbocycles. The SMILES string of the molecule is CCOC(=O)C(C#N)=CNc1ccsc1C(N)=O. The van der Waals surface area contributed by atoms with E-state index in [2.05, 4.69) is 10.1 Å². The fourth-order valence-corrected chi connectivity index (χ4v) is 1.82. The number of amides is 1. The molecule has 94 valence electrons.